The lowest BCUT2D eigenvalue weighted by molar-refractivity contribution is -0.129. The number of carbonyl (C=O) groups excluding carboxylic acids is 1. The summed E-state index contributed by atoms with van der Waals surface area (Å²) in [7, 11) is 0. The number of anilines is 2. The van der Waals surface area contributed by atoms with E-state index in [2.05, 4.69) is 50.7 Å². The monoisotopic (exact) mass is 512 g/mol. The van der Waals surface area contributed by atoms with Gasteiger partial charge in [-0.15, -0.1) is 0 Å². The van der Waals surface area contributed by atoms with E-state index in [1.807, 2.05) is 4.90 Å². The van der Waals surface area contributed by atoms with Gasteiger partial charge < -0.3 is 29.7 Å². The van der Waals surface area contributed by atoms with Crippen molar-refractivity contribution in [2.24, 2.45) is 17.6 Å². The van der Waals surface area contributed by atoms with Crippen LogP contribution in [-0.4, -0.2) is 82.3 Å². The summed E-state index contributed by atoms with van der Waals surface area (Å²) in [6, 6.07) is 0.601. The van der Waals surface area contributed by atoms with E-state index in [4.69, 9.17) is 15.0 Å². The molecule has 3 aliphatic rings. The number of aromatic nitrogens is 4. The summed E-state index contributed by atoms with van der Waals surface area (Å²) in [5, 5.41) is 4.09. The lowest BCUT2D eigenvalue weighted by atomic mass is 9.84. The normalized spacial score (nSPS) is 23.9. The van der Waals surface area contributed by atoms with Crippen LogP contribution in [-0.2, 0) is 4.79 Å². The molecule has 3 saturated heterocycles. The van der Waals surface area contributed by atoms with E-state index in [0.717, 1.165) is 51.1 Å². The summed E-state index contributed by atoms with van der Waals surface area (Å²) >= 11 is 0. The molecule has 0 aliphatic carbocycles. The largest absolute Gasteiger partial charge is 0.490 e. The maximum absolute atomic E-state index is 12.1. The molecule has 0 spiro atoms. The van der Waals surface area contributed by atoms with E-state index in [1.54, 1.807) is 12.4 Å². The first-order valence-electron chi connectivity index (χ1n) is 13.7. The van der Waals surface area contributed by atoms with Crippen molar-refractivity contribution in [1.29, 1.82) is 0 Å². The van der Waals surface area contributed by atoms with Crippen molar-refractivity contribution in [3.63, 3.8) is 0 Å². The summed E-state index contributed by atoms with van der Waals surface area (Å²) in [5.41, 5.74) is 6.35. The average molecular weight is 513 g/mol. The Bertz CT molecular complexity index is 1040. The first kappa shape index (κ1) is 25.7. The number of piperidine rings is 1. The van der Waals surface area contributed by atoms with Gasteiger partial charge in [-0.25, -0.2) is 9.97 Å². The van der Waals surface area contributed by atoms with E-state index in [-0.39, 0.29) is 23.9 Å². The third-order valence-electron chi connectivity index (χ3n) is 8.14. The SMILES string of the molecule is CC(C)c1noc(N2CCC([C@H](C)CCOc3cnc(N4C[C@H](N)[C@@H](N5CCCC5=O)C4)nc3)CC2)n1. The second kappa shape index (κ2) is 11.2. The summed E-state index contributed by atoms with van der Waals surface area (Å²) in [6.07, 6.45) is 8.23. The van der Waals surface area contributed by atoms with E-state index in [1.165, 1.54) is 0 Å². The van der Waals surface area contributed by atoms with Crippen molar-refractivity contribution in [3.05, 3.63) is 18.2 Å². The summed E-state index contributed by atoms with van der Waals surface area (Å²) in [6.45, 7) is 11.1. The smallest absolute Gasteiger partial charge is 0.324 e. The fourth-order valence-electron chi connectivity index (χ4n) is 5.72. The van der Waals surface area contributed by atoms with Crippen molar-refractivity contribution < 1.29 is 14.1 Å². The highest BCUT2D eigenvalue weighted by Gasteiger charge is 2.39. The molecule has 3 aliphatic heterocycles. The Morgan fingerprint density at radius 3 is 2.51 bits per heavy atom. The molecule has 2 aromatic heterocycles. The number of rotatable bonds is 9. The highest BCUT2D eigenvalue weighted by atomic mass is 16.5. The summed E-state index contributed by atoms with van der Waals surface area (Å²) < 4.78 is 11.4. The van der Waals surface area contributed by atoms with Crippen LogP contribution in [0.5, 0.6) is 5.75 Å². The van der Waals surface area contributed by atoms with Crippen molar-refractivity contribution in [3.8, 4) is 5.75 Å². The number of ether oxygens (including phenoxy) is 1. The molecular weight excluding hydrogens is 472 g/mol. The average Bonchev–Trinajstić information content (AvgIpc) is 3.64. The highest BCUT2D eigenvalue weighted by Crippen LogP contribution is 2.30. The fourth-order valence-corrected chi connectivity index (χ4v) is 5.72. The number of carbonyl (C=O) groups is 1. The van der Waals surface area contributed by atoms with Gasteiger partial charge in [0.15, 0.2) is 11.6 Å². The van der Waals surface area contributed by atoms with Crippen LogP contribution in [0.1, 0.15) is 64.6 Å². The molecule has 2 N–H and O–H groups in total. The van der Waals surface area contributed by atoms with Crippen molar-refractivity contribution in [1.82, 2.24) is 25.0 Å². The van der Waals surface area contributed by atoms with Crippen LogP contribution in [0.4, 0.5) is 12.0 Å². The standard InChI is InChI=1S/C26H40N8O3/c1-17(2)24-30-26(37-31-24)32-10-6-19(7-11-32)18(3)8-12-36-20-13-28-25(29-14-20)33-15-21(27)22(16-33)34-9-4-5-23(34)35/h13-14,17-19,21-22H,4-12,15-16,27H2,1-3H3/t18-,21+,22+/m1/s1. The third-order valence-corrected chi connectivity index (χ3v) is 8.14. The molecule has 2 aromatic rings. The van der Waals surface area contributed by atoms with Crippen LogP contribution >= 0.6 is 0 Å². The van der Waals surface area contributed by atoms with Gasteiger partial charge in [0.25, 0.3) is 0 Å². The van der Waals surface area contributed by atoms with Gasteiger partial charge in [0.2, 0.25) is 11.9 Å². The zero-order valence-corrected chi connectivity index (χ0v) is 22.3. The number of nitrogens with two attached hydrogens (primary N) is 1. The van der Waals surface area contributed by atoms with Crippen molar-refractivity contribution in [2.45, 2.75) is 70.9 Å². The molecule has 0 aromatic carbocycles. The molecule has 11 heteroatoms. The van der Waals surface area contributed by atoms with Crippen LogP contribution < -0.4 is 20.3 Å². The van der Waals surface area contributed by atoms with Gasteiger partial charge in [-0.2, -0.15) is 4.98 Å². The molecule has 37 heavy (non-hydrogen) atoms. The van der Waals surface area contributed by atoms with Crippen LogP contribution in [0.25, 0.3) is 0 Å². The van der Waals surface area contributed by atoms with Crippen LogP contribution in [0.15, 0.2) is 16.9 Å². The minimum absolute atomic E-state index is 0.0346. The molecule has 3 fully saturated rings. The fraction of sp³-hybridized carbons (Fsp3) is 0.731. The van der Waals surface area contributed by atoms with E-state index >= 15 is 0 Å². The molecular formula is C26H40N8O3. The highest BCUT2D eigenvalue weighted by molar-refractivity contribution is 5.78. The van der Waals surface area contributed by atoms with Gasteiger partial charge in [-0.3, -0.25) is 4.79 Å². The molecule has 11 nitrogen and oxygen atoms in total. The molecule has 5 heterocycles. The predicted molar refractivity (Wildman–Crippen MR) is 140 cm³/mol. The molecule has 0 bridgehead atoms. The third kappa shape index (κ3) is 5.81. The molecule has 0 unspecified atom stereocenters. The quantitative estimate of drug-likeness (QED) is 0.535. The van der Waals surface area contributed by atoms with Gasteiger partial charge in [0.1, 0.15) is 0 Å². The number of nitrogens with zero attached hydrogens (tertiary/aromatic N) is 7. The Morgan fingerprint density at radius 1 is 1.11 bits per heavy atom. The maximum atomic E-state index is 12.1. The van der Waals surface area contributed by atoms with Crippen molar-refractivity contribution >= 4 is 17.9 Å². The Morgan fingerprint density at radius 2 is 1.86 bits per heavy atom. The van der Waals surface area contributed by atoms with E-state index in [9.17, 15) is 4.79 Å². The Kier molecular flexibility index (Phi) is 7.78. The first-order chi connectivity index (χ1) is 17.9. The van der Waals surface area contributed by atoms with Crippen LogP contribution in [0.2, 0.25) is 0 Å². The zero-order valence-electron chi connectivity index (χ0n) is 22.3. The minimum atomic E-state index is -0.0838. The number of likely N-dealkylation sites (tertiary alicyclic amines) is 1. The van der Waals surface area contributed by atoms with E-state index < -0.39 is 0 Å². The summed E-state index contributed by atoms with van der Waals surface area (Å²) in [4.78, 5) is 31.9. The maximum Gasteiger partial charge on any atom is 0.324 e. The Labute approximate surface area is 218 Å². The molecule has 3 atom stereocenters. The number of amides is 1. The van der Waals surface area contributed by atoms with Crippen LogP contribution in [0, 0.1) is 11.8 Å². The van der Waals surface area contributed by atoms with E-state index in [0.29, 0.717) is 55.7 Å². The van der Waals surface area contributed by atoms with Crippen molar-refractivity contribution in [2.75, 3.05) is 49.1 Å². The second-order valence-electron chi connectivity index (χ2n) is 11.1. The molecule has 1 amide bonds. The topological polar surface area (TPSA) is 127 Å². The zero-order chi connectivity index (χ0) is 25.9. The van der Waals surface area contributed by atoms with Gasteiger partial charge in [0, 0.05) is 51.1 Å². The Balaban J connectivity index is 1.04. The number of hydrogen-bond donors (Lipinski definition) is 1. The van der Waals surface area contributed by atoms with Gasteiger partial charge in [0.05, 0.1) is 25.0 Å². The van der Waals surface area contributed by atoms with Gasteiger partial charge in [-0.1, -0.05) is 25.9 Å². The lowest BCUT2D eigenvalue weighted by Crippen LogP contribution is -2.47. The summed E-state index contributed by atoms with van der Waals surface area (Å²) in [5.74, 6) is 3.78. The minimum Gasteiger partial charge on any atom is -0.490 e. The molecule has 0 saturated carbocycles. The molecule has 5 rings (SSSR count). The Hall–Kier alpha value is -2.95. The molecule has 0 radical (unpaired) electrons. The first-order valence-corrected chi connectivity index (χ1v) is 13.7. The second-order valence-corrected chi connectivity index (χ2v) is 11.1. The van der Waals surface area contributed by atoms with Gasteiger partial charge >= 0.3 is 6.01 Å². The molecule has 202 valence electrons. The lowest BCUT2D eigenvalue weighted by Gasteiger charge is -2.33. The van der Waals surface area contributed by atoms with Gasteiger partial charge in [-0.05, 0) is 37.5 Å². The predicted octanol–water partition coefficient (Wildman–Crippen LogP) is 2.44. The number of hydrogen-bond acceptors (Lipinski definition) is 10. The van der Waals surface area contributed by atoms with Crippen LogP contribution in [0.3, 0.4) is 0 Å².